The van der Waals surface area contributed by atoms with Crippen molar-refractivity contribution in [3.05, 3.63) is 29.8 Å². The molecule has 1 heterocycles. The Bertz CT molecular complexity index is 450. The number of rotatable bonds is 3. The summed E-state index contributed by atoms with van der Waals surface area (Å²) in [6.45, 7) is 12.5. The number of morpholine rings is 1. The molecule has 112 valence electrons. The summed E-state index contributed by atoms with van der Waals surface area (Å²) in [5.41, 5.74) is 8.34. The highest BCUT2D eigenvalue weighted by Gasteiger charge is 2.38. The fourth-order valence-electron chi connectivity index (χ4n) is 3.30. The van der Waals surface area contributed by atoms with Crippen molar-refractivity contribution in [2.75, 3.05) is 18.0 Å². The Kier molecular flexibility index (Phi) is 4.12. The van der Waals surface area contributed by atoms with Gasteiger partial charge in [0, 0.05) is 24.8 Å². The van der Waals surface area contributed by atoms with Crippen LogP contribution in [0.2, 0.25) is 0 Å². The smallest absolute Gasteiger partial charge is 0.0808 e. The molecule has 0 aromatic heterocycles. The van der Waals surface area contributed by atoms with Crippen molar-refractivity contribution in [3.63, 3.8) is 0 Å². The van der Waals surface area contributed by atoms with Gasteiger partial charge in [-0.1, -0.05) is 18.2 Å². The molecule has 0 bridgehead atoms. The van der Waals surface area contributed by atoms with E-state index >= 15 is 0 Å². The Morgan fingerprint density at radius 2 is 1.70 bits per heavy atom. The van der Waals surface area contributed by atoms with E-state index in [-0.39, 0.29) is 17.2 Å². The first-order valence-corrected chi connectivity index (χ1v) is 7.47. The SMILES string of the molecule is CC(N)Cc1ccccc1N1CC(C)(C)OC(C)(C)C1. The largest absolute Gasteiger partial charge is 0.366 e. The van der Waals surface area contributed by atoms with E-state index in [4.69, 9.17) is 10.5 Å². The summed E-state index contributed by atoms with van der Waals surface area (Å²) in [5, 5.41) is 0. The summed E-state index contributed by atoms with van der Waals surface area (Å²) in [5.74, 6) is 0. The molecule has 0 amide bonds. The van der Waals surface area contributed by atoms with Gasteiger partial charge < -0.3 is 15.4 Å². The molecule has 1 aliphatic rings. The Labute approximate surface area is 123 Å². The van der Waals surface area contributed by atoms with Gasteiger partial charge in [0.25, 0.3) is 0 Å². The van der Waals surface area contributed by atoms with Crippen LogP contribution in [0.25, 0.3) is 0 Å². The Balaban J connectivity index is 2.31. The first kappa shape index (κ1) is 15.3. The predicted octanol–water partition coefficient (Wildman–Crippen LogP) is 2.97. The van der Waals surface area contributed by atoms with Crippen LogP contribution in [0.3, 0.4) is 0 Å². The molecule has 0 spiro atoms. The van der Waals surface area contributed by atoms with Gasteiger partial charge in [-0.05, 0) is 52.7 Å². The lowest BCUT2D eigenvalue weighted by molar-refractivity contribution is -0.133. The van der Waals surface area contributed by atoms with Gasteiger partial charge in [0.15, 0.2) is 0 Å². The van der Waals surface area contributed by atoms with Crippen LogP contribution in [0.4, 0.5) is 5.69 Å². The maximum Gasteiger partial charge on any atom is 0.0808 e. The minimum Gasteiger partial charge on any atom is -0.366 e. The van der Waals surface area contributed by atoms with E-state index in [0.29, 0.717) is 0 Å². The average molecular weight is 276 g/mol. The van der Waals surface area contributed by atoms with E-state index in [0.717, 1.165) is 19.5 Å². The van der Waals surface area contributed by atoms with Crippen LogP contribution in [0.1, 0.15) is 40.2 Å². The molecule has 0 aliphatic carbocycles. The van der Waals surface area contributed by atoms with Crippen LogP contribution in [0.15, 0.2) is 24.3 Å². The number of nitrogens with two attached hydrogens (primary N) is 1. The topological polar surface area (TPSA) is 38.5 Å². The Morgan fingerprint density at radius 1 is 1.15 bits per heavy atom. The quantitative estimate of drug-likeness (QED) is 0.922. The molecule has 20 heavy (non-hydrogen) atoms. The van der Waals surface area contributed by atoms with Gasteiger partial charge in [-0.15, -0.1) is 0 Å². The second-order valence-corrected chi connectivity index (χ2v) is 7.29. The summed E-state index contributed by atoms with van der Waals surface area (Å²) < 4.78 is 6.17. The lowest BCUT2D eigenvalue weighted by Crippen LogP contribution is -2.57. The lowest BCUT2D eigenvalue weighted by Gasteiger charge is -2.48. The normalized spacial score (nSPS) is 22.6. The zero-order valence-corrected chi connectivity index (χ0v) is 13.4. The van der Waals surface area contributed by atoms with E-state index in [1.54, 1.807) is 0 Å². The molecule has 1 atom stereocenters. The minimum absolute atomic E-state index is 0.136. The van der Waals surface area contributed by atoms with E-state index < -0.39 is 0 Å². The van der Waals surface area contributed by atoms with Crippen LogP contribution in [-0.4, -0.2) is 30.3 Å². The third kappa shape index (κ3) is 3.74. The monoisotopic (exact) mass is 276 g/mol. The van der Waals surface area contributed by atoms with Gasteiger partial charge in [0.05, 0.1) is 11.2 Å². The molecule has 2 rings (SSSR count). The van der Waals surface area contributed by atoms with Gasteiger partial charge in [-0.2, -0.15) is 0 Å². The second kappa shape index (κ2) is 5.38. The second-order valence-electron chi connectivity index (χ2n) is 7.29. The maximum atomic E-state index is 6.17. The first-order valence-electron chi connectivity index (χ1n) is 7.47. The number of benzene rings is 1. The van der Waals surface area contributed by atoms with Crippen molar-refractivity contribution in [2.24, 2.45) is 5.73 Å². The summed E-state index contributed by atoms with van der Waals surface area (Å²) in [7, 11) is 0. The predicted molar refractivity (Wildman–Crippen MR) is 85.3 cm³/mol. The van der Waals surface area contributed by atoms with Gasteiger partial charge in [0.2, 0.25) is 0 Å². The number of ether oxygens (including phenoxy) is 1. The summed E-state index contributed by atoms with van der Waals surface area (Å²) in [6, 6.07) is 8.77. The molecule has 1 unspecified atom stereocenters. The zero-order chi connectivity index (χ0) is 15.0. The van der Waals surface area contributed by atoms with E-state index in [1.807, 2.05) is 0 Å². The number of anilines is 1. The van der Waals surface area contributed by atoms with Crippen LogP contribution >= 0.6 is 0 Å². The molecule has 1 saturated heterocycles. The highest BCUT2D eigenvalue weighted by Crippen LogP contribution is 2.33. The highest BCUT2D eigenvalue weighted by molar-refractivity contribution is 5.55. The molecule has 3 heteroatoms. The van der Waals surface area contributed by atoms with Gasteiger partial charge in [-0.25, -0.2) is 0 Å². The molecule has 0 radical (unpaired) electrons. The number of nitrogens with zero attached hydrogens (tertiary/aromatic N) is 1. The molecule has 2 N–H and O–H groups in total. The lowest BCUT2D eigenvalue weighted by atomic mass is 9.96. The fourth-order valence-corrected chi connectivity index (χ4v) is 3.30. The third-order valence-electron chi connectivity index (χ3n) is 3.57. The molecule has 0 saturated carbocycles. The van der Waals surface area contributed by atoms with Crippen molar-refractivity contribution in [2.45, 2.75) is 58.3 Å². The van der Waals surface area contributed by atoms with Gasteiger partial charge in [-0.3, -0.25) is 0 Å². The highest BCUT2D eigenvalue weighted by atomic mass is 16.5. The summed E-state index contributed by atoms with van der Waals surface area (Å²) in [4.78, 5) is 2.45. The van der Waals surface area contributed by atoms with E-state index in [2.05, 4.69) is 63.8 Å². The molecule has 1 fully saturated rings. The number of hydrogen-bond donors (Lipinski definition) is 1. The third-order valence-corrected chi connectivity index (χ3v) is 3.57. The summed E-state index contributed by atoms with van der Waals surface area (Å²) in [6.07, 6.45) is 0.911. The maximum absolute atomic E-state index is 6.17. The van der Waals surface area contributed by atoms with E-state index in [1.165, 1.54) is 11.3 Å². The average Bonchev–Trinajstić information content (AvgIpc) is 2.24. The first-order chi connectivity index (χ1) is 9.19. The molecular formula is C17H28N2O. The molecule has 1 aliphatic heterocycles. The zero-order valence-electron chi connectivity index (χ0n) is 13.4. The van der Waals surface area contributed by atoms with Crippen LogP contribution in [0.5, 0.6) is 0 Å². The Morgan fingerprint density at radius 3 is 2.25 bits per heavy atom. The van der Waals surface area contributed by atoms with Crippen LogP contribution in [-0.2, 0) is 11.2 Å². The number of para-hydroxylation sites is 1. The standard InChI is InChI=1S/C17H28N2O/c1-13(18)10-14-8-6-7-9-15(14)19-11-16(2,3)20-17(4,5)12-19/h6-9,13H,10-12,18H2,1-5H3. The van der Waals surface area contributed by atoms with Crippen molar-refractivity contribution in [3.8, 4) is 0 Å². The van der Waals surface area contributed by atoms with Crippen LogP contribution < -0.4 is 10.6 Å². The van der Waals surface area contributed by atoms with E-state index in [9.17, 15) is 0 Å². The fraction of sp³-hybridized carbons (Fsp3) is 0.647. The minimum atomic E-state index is -0.136. The van der Waals surface area contributed by atoms with Crippen molar-refractivity contribution < 1.29 is 4.74 Å². The van der Waals surface area contributed by atoms with Gasteiger partial charge >= 0.3 is 0 Å². The summed E-state index contributed by atoms with van der Waals surface area (Å²) >= 11 is 0. The Hall–Kier alpha value is -1.06. The van der Waals surface area contributed by atoms with Crippen molar-refractivity contribution in [1.29, 1.82) is 0 Å². The molecule has 3 nitrogen and oxygen atoms in total. The number of hydrogen-bond acceptors (Lipinski definition) is 3. The molecule has 1 aromatic carbocycles. The molecular weight excluding hydrogens is 248 g/mol. The molecule has 1 aromatic rings. The van der Waals surface area contributed by atoms with Crippen LogP contribution in [0, 0.1) is 0 Å². The van der Waals surface area contributed by atoms with Gasteiger partial charge in [0.1, 0.15) is 0 Å². The van der Waals surface area contributed by atoms with Crippen molar-refractivity contribution >= 4 is 5.69 Å². The van der Waals surface area contributed by atoms with Crippen molar-refractivity contribution in [1.82, 2.24) is 0 Å².